The third-order valence-electron chi connectivity index (χ3n) is 7.41. The standard InChI is InChI=1S/C28H31N7O3/c1-5-12-34-25(36)19-15-29-26(32-24(19)35(34)23-8-6-7-22(31-23)27(2,3)37)30-18-9-10-20-21(14-18)38-17-28(20)11-13-33(4)16-28/h5-10,14-15,37H,1,11-13,16-17H2,2-4H3,(H,29,30,32). The van der Waals surface area contributed by atoms with Crippen molar-refractivity contribution in [2.45, 2.75) is 37.8 Å². The van der Waals surface area contributed by atoms with E-state index in [1.807, 2.05) is 12.1 Å². The second-order valence-electron chi connectivity index (χ2n) is 10.8. The van der Waals surface area contributed by atoms with Crippen LogP contribution in [0.5, 0.6) is 5.75 Å². The number of likely N-dealkylation sites (tertiary alicyclic amines) is 1. The topological polar surface area (TPSA) is 110 Å². The van der Waals surface area contributed by atoms with Gasteiger partial charge in [0, 0.05) is 35.5 Å². The smallest absolute Gasteiger partial charge is 0.278 e. The van der Waals surface area contributed by atoms with Crippen LogP contribution in [0.2, 0.25) is 0 Å². The Hall–Kier alpha value is -4.02. The summed E-state index contributed by atoms with van der Waals surface area (Å²) < 4.78 is 9.25. The molecule has 10 nitrogen and oxygen atoms in total. The van der Waals surface area contributed by atoms with Gasteiger partial charge in [-0.2, -0.15) is 4.98 Å². The number of likely N-dealkylation sites (N-methyl/N-ethyl adjacent to an activating group) is 1. The number of hydrogen-bond donors (Lipinski definition) is 2. The van der Waals surface area contributed by atoms with Crippen LogP contribution in [0.4, 0.5) is 11.6 Å². The van der Waals surface area contributed by atoms with Crippen molar-refractivity contribution in [2.75, 3.05) is 32.1 Å². The summed E-state index contributed by atoms with van der Waals surface area (Å²) in [5.41, 5.74) is 1.59. The molecule has 0 bridgehead atoms. The molecular weight excluding hydrogens is 482 g/mol. The maximum atomic E-state index is 13.2. The van der Waals surface area contributed by atoms with Gasteiger partial charge in [0.25, 0.3) is 5.56 Å². The van der Waals surface area contributed by atoms with E-state index < -0.39 is 5.60 Å². The van der Waals surface area contributed by atoms with Gasteiger partial charge in [0.2, 0.25) is 5.95 Å². The first-order valence-corrected chi connectivity index (χ1v) is 12.7. The Morgan fingerprint density at radius 3 is 2.84 bits per heavy atom. The Morgan fingerprint density at radius 2 is 2.11 bits per heavy atom. The zero-order valence-corrected chi connectivity index (χ0v) is 21.8. The molecule has 0 saturated carbocycles. The fraction of sp³-hybridized carbons (Fsp3) is 0.357. The molecule has 0 radical (unpaired) electrons. The molecule has 38 heavy (non-hydrogen) atoms. The van der Waals surface area contributed by atoms with E-state index in [0.717, 1.165) is 30.9 Å². The Kier molecular flexibility index (Phi) is 5.62. The third-order valence-corrected chi connectivity index (χ3v) is 7.41. The van der Waals surface area contributed by atoms with Gasteiger partial charge in [-0.15, -0.1) is 6.58 Å². The lowest BCUT2D eigenvalue weighted by molar-refractivity contribution is 0.0738. The Morgan fingerprint density at radius 1 is 1.26 bits per heavy atom. The molecule has 1 spiro atoms. The summed E-state index contributed by atoms with van der Waals surface area (Å²) in [6, 6.07) is 11.5. The minimum absolute atomic E-state index is 0.0623. The van der Waals surface area contributed by atoms with Gasteiger partial charge in [0.1, 0.15) is 16.7 Å². The van der Waals surface area contributed by atoms with Crippen molar-refractivity contribution in [1.82, 2.24) is 29.2 Å². The molecule has 4 aromatic rings. The van der Waals surface area contributed by atoms with Crippen molar-refractivity contribution in [3.05, 3.63) is 76.9 Å². The molecule has 2 aliphatic heterocycles. The number of aliphatic hydroxyl groups is 1. The van der Waals surface area contributed by atoms with Gasteiger partial charge in [0.05, 0.1) is 18.8 Å². The Labute approximate surface area is 220 Å². The van der Waals surface area contributed by atoms with Crippen molar-refractivity contribution >= 4 is 22.7 Å². The molecule has 1 atom stereocenters. The van der Waals surface area contributed by atoms with Crippen LogP contribution < -0.4 is 15.6 Å². The highest BCUT2D eigenvalue weighted by molar-refractivity contribution is 5.77. The zero-order chi connectivity index (χ0) is 26.7. The largest absolute Gasteiger partial charge is 0.492 e. The number of nitrogens with zero attached hydrogens (tertiary/aromatic N) is 6. The summed E-state index contributed by atoms with van der Waals surface area (Å²) in [4.78, 5) is 29.3. The number of aromatic nitrogens is 5. The minimum Gasteiger partial charge on any atom is -0.492 e. The first kappa shape index (κ1) is 24.3. The minimum atomic E-state index is -1.15. The van der Waals surface area contributed by atoms with Crippen molar-refractivity contribution in [3.63, 3.8) is 0 Å². The van der Waals surface area contributed by atoms with Crippen LogP contribution in [0.1, 0.15) is 31.5 Å². The van der Waals surface area contributed by atoms with Gasteiger partial charge in [-0.3, -0.25) is 4.79 Å². The number of ether oxygens (including phenoxy) is 1. The second kappa shape index (κ2) is 8.78. The van der Waals surface area contributed by atoms with Crippen molar-refractivity contribution in [1.29, 1.82) is 0 Å². The van der Waals surface area contributed by atoms with Crippen molar-refractivity contribution < 1.29 is 9.84 Å². The van der Waals surface area contributed by atoms with Gasteiger partial charge < -0.3 is 20.1 Å². The number of nitrogens with one attached hydrogen (secondary N) is 1. The Bertz CT molecular complexity index is 1620. The van der Waals surface area contributed by atoms with Gasteiger partial charge >= 0.3 is 0 Å². The molecule has 1 unspecified atom stereocenters. The molecule has 0 amide bonds. The van der Waals surface area contributed by atoms with E-state index in [-0.39, 0.29) is 17.5 Å². The molecule has 196 valence electrons. The van der Waals surface area contributed by atoms with Gasteiger partial charge in [0.15, 0.2) is 11.5 Å². The number of pyridine rings is 1. The average molecular weight is 514 g/mol. The fourth-order valence-corrected chi connectivity index (χ4v) is 5.49. The lowest BCUT2D eigenvalue weighted by Crippen LogP contribution is -2.31. The van der Waals surface area contributed by atoms with E-state index in [1.165, 1.54) is 16.4 Å². The highest BCUT2D eigenvalue weighted by Crippen LogP contribution is 2.45. The second-order valence-corrected chi connectivity index (χ2v) is 10.8. The van der Waals surface area contributed by atoms with E-state index in [9.17, 15) is 9.90 Å². The van der Waals surface area contributed by atoms with Gasteiger partial charge in [-0.25, -0.2) is 19.3 Å². The maximum absolute atomic E-state index is 13.2. The molecular formula is C28H31N7O3. The monoisotopic (exact) mass is 513 g/mol. The number of allylic oxidation sites excluding steroid dienone is 1. The first-order chi connectivity index (χ1) is 18.2. The predicted octanol–water partition coefficient (Wildman–Crippen LogP) is 3.10. The summed E-state index contributed by atoms with van der Waals surface area (Å²) in [6.07, 6.45) is 4.25. The molecule has 2 N–H and O–H groups in total. The van der Waals surface area contributed by atoms with E-state index in [4.69, 9.17) is 9.72 Å². The lowest BCUT2D eigenvalue weighted by Gasteiger charge is -2.21. The number of rotatable bonds is 6. The molecule has 3 aromatic heterocycles. The van der Waals surface area contributed by atoms with Gasteiger partial charge in [-0.05, 0) is 52.1 Å². The van der Waals surface area contributed by atoms with Crippen LogP contribution in [-0.4, -0.2) is 61.1 Å². The molecule has 2 aliphatic rings. The quantitative estimate of drug-likeness (QED) is 0.379. The van der Waals surface area contributed by atoms with E-state index in [0.29, 0.717) is 35.1 Å². The fourth-order valence-electron chi connectivity index (χ4n) is 5.49. The van der Waals surface area contributed by atoms with Crippen LogP contribution in [-0.2, 0) is 17.6 Å². The van der Waals surface area contributed by atoms with Crippen molar-refractivity contribution in [2.24, 2.45) is 0 Å². The molecule has 1 aromatic carbocycles. The number of benzene rings is 1. The number of anilines is 2. The highest BCUT2D eigenvalue weighted by Gasteiger charge is 2.45. The molecule has 1 fully saturated rings. The number of fused-ring (bicyclic) bond motifs is 3. The predicted molar refractivity (Wildman–Crippen MR) is 145 cm³/mol. The van der Waals surface area contributed by atoms with Gasteiger partial charge in [-0.1, -0.05) is 18.2 Å². The molecule has 10 heteroatoms. The normalized spacial score (nSPS) is 19.2. The van der Waals surface area contributed by atoms with Crippen molar-refractivity contribution in [3.8, 4) is 11.6 Å². The molecule has 1 saturated heterocycles. The van der Waals surface area contributed by atoms with Crippen LogP contribution >= 0.6 is 0 Å². The summed E-state index contributed by atoms with van der Waals surface area (Å²) in [5, 5.41) is 14.1. The number of hydrogen-bond acceptors (Lipinski definition) is 8. The first-order valence-electron chi connectivity index (χ1n) is 12.7. The maximum Gasteiger partial charge on any atom is 0.278 e. The lowest BCUT2D eigenvalue weighted by atomic mass is 9.82. The van der Waals surface area contributed by atoms with Crippen LogP contribution in [0, 0.1) is 0 Å². The Balaban J connectivity index is 1.40. The van der Waals surface area contributed by atoms with Crippen LogP contribution in [0.15, 0.2) is 60.0 Å². The highest BCUT2D eigenvalue weighted by atomic mass is 16.5. The summed E-state index contributed by atoms with van der Waals surface area (Å²) in [7, 11) is 2.15. The van der Waals surface area contributed by atoms with E-state index in [1.54, 1.807) is 42.8 Å². The summed E-state index contributed by atoms with van der Waals surface area (Å²) in [6.45, 7) is 10.1. The average Bonchev–Trinajstić information content (AvgIpc) is 3.53. The van der Waals surface area contributed by atoms with Crippen LogP contribution in [0.3, 0.4) is 0 Å². The zero-order valence-electron chi connectivity index (χ0n) is 21.8. The summed E-state index contributed by atoms with van der Waals surface area (Å²) >= 11 is 0. The van der Waals surface area contributed by atoms with E-state index in [2.05, 4.69) is 39.9 Å². The molecule has 6 rings (SSSR count). The van der Waals surface area contributed by atoms with E-state index >= 15 is 0 Å². The SMILES string of the molecule is C=CCn1c(=O)c2cnc(Nc3ccc4c(c3)OCC43CCN(C)C3)nc2n1-c1cccc(C(C)(C)O)n1. The molecule has 0 aliphatic carbocycles. The van der Waals surface area contributed by atoms with Crippen LogP contribution in [0.25, 0.3) is 16.9 Å². The third kappa shape index (κ3) is 3.97. The summed E-state index contributed by atoms with van der Waals surface area (Å²) in [5.74, 6) is 1.68. The molecule has 5 heterocycles.